The lowest BCUT2D eigenvalue weighted by molar-refractivity contribution is -0.125. The van der Waals surface area contributed by atoms with Crippen LogP contribution >= 0.6 is 0 Å². The highest BCUT2D eigenvalue weighted by molar-refractivity contribution is 5.86. The molecule has 1 saturated heterocycles. The molecule has 114 valence electrons. The molecule has 1 fully saturated rings. The van der Waals surface area contributed by atoms with Crippen LogP contribution in [0.2, 0.25) is 0 Å². The number of hydrogen-bond acceptors (Lipinski definition) is 4. The number of aldehydes is 1. The molecular formula is C16H22N2O3. The maximum absolute atomic E-state index is 12.3. The van der Waals surface area contributed by atoms with Crippen molar-refractivity contribution in [1.29, 1.82) is 0 Å². The third kappa shape index (κ3) is 3.61. The Morgan fingerprint density at radius 2 is 2.24 bits per heavy atom. The molecule has 1 aliphatic heterocycles. The maximum atomic E-state index is 12.3. The van der Waals surface area contributed by atoms with Gasteiger partial charge in [-0.1, -0.05) is 0 Å². The first-order chi connectivity index (χ1) is 10.0. The molecule has 1 aliphatic rings. The van der Waals surface area contributed by atoms with Gasteiger partial charge in [0.05, 0.1) is 13.2 Å². The van der Waals surface area contributed by atoms with Crippen molar-refractivity contribution in [3.05, 3.63) is 29.3 Å². The summed E-state index contributed by atoms with van der Waals surface area (Å²) in [7, 11) is 0. The van der Waals surface area contributed by atoms with E-state index in [1.165, 1.54) is 0 Å². The van der Waals surface area contributed by atoms with E-state index in [0.717, 1.165) is 17.5 Å². The van der Waals surface area contributed by atoms with Crippen LogP contribution in [0.5, 0.6) is 0 Å². The molecule has 1 aromatic rings. The molecule has 5 nitrogen and oxygen atoms in total. The summed E-state index contributed by atoms with van der Waals surface area (Å²) in [5.41, 5.74) is 2.54. The van der Waals surface area contributed by atoms with E-state index in [1.54, 1.807) is 6.07 Å². The van der Waals surface area contributed by atoms with Crippen LogP contribution in [0.4, 0.5) is 5.69 Å². The summed E-state index contributed by atoms with van der Waals surface area (Å²) < 4.78 is 5.45. The summed E-state index contributed by atoms with van der Waals surface area (Å²) in [6, 6.07) is 5.40. The minimum atomic E-state index is -0.331. The number of carbonyl (C=O) groups excluding carboxylic acids is 2. The topological polar surface area (TPSA) is 58.6 Å². The zero-order chi connectivity index (χ0) is 15.4. The van der Waals surface area contributed by atoms with Gasteiger partial charge < -0.3 is 15.0 Å². The van der Waals surface area contributed by atoms with E-state index in [1.807, 2.05) is 37.8 Å². The number of nitrogens with one attached hydrogen (secondary N) is 1. The van der Waals surface area contributed by atoms with Crippen molar-refractivity contribution in [2.24, 2.45) is 0 Å². The number of aryl methyl sites for hydroxylation is 1. The quantitative estimate of drug-likeness (QED) is 0.855. The molecule has 5 heteroatoms. The zero-order valence-corrected chi connectivity index (χ0v) is 12.8. The molecule has 1 unspecified atom stereocenters. The van der Waals surface area contributed by atoms with Crippen LogP contribution in [0.3, 0.4) is 0 Å². The van der Waals surface area contributed by atoms with Gasteiger partial charge in [0.25, 0.3) is 0 Å². The van der Waals surface area contributed by atoms with Crippen LogP contribution in [0.25, 0.3) is 0 Å². The van der Waals surface area contributed by atoms with Crippen molar-refractivity contribution in [2.45, 2.75) is 32.9 Å². The Morgan fingerprint density at radius 3 is 2.86 bits per heavy atom. The Hall–Kier alpha value is -1.88. The Balaban J connectivity index is 2.24. The largest absolute Gasteiger partial charge is 0.377 e. The highest BCUT2D eigenvalue weighted by Crippen LogP contribution is 2.22. The molecule has 1 heterocycles. The Morgan fingerprint density at radius 1 is 1.48 bits per heavy atom. The summed E-state index contributed by atoms with van der Waals surface area (Å²) in [5, 5.41) is 2.93. The first kappa shape index (κ1) is 15.5. The SMILES string of the molecule is Cc1cc(N2CCOCC2C(=O)NC(C)C)ccc1C=O. The molecular weight excluding hydrogens is 268 g/mol. The smallest absolute Gasteiger partial charge is 0.245 e. The van der Waals surface area contributed by atoms with Gasteiger partial charge in [0.15, 0.2) is 0 Å². The van der Waals surface area contributed by atoms with Gasteiger partial charge in [-0.25, -0.2) is 0 Å². The summed E-state index contributed by atoms with van der Waals surface area (Å²) in [6.07, 6.45) is 0.849. The van der Waals surface area contributed by atoms with Gasteiger partial charge in [0.2, 0.25) is 5.91 Å². The Kier molecular flexibility index (Phi) is 4.96. The zero-order valence-electron chi connectivity index (χ0n) is 12.8. The summed E-state index contributed by atoms with van der Waals surface area (Å²) >= 11 is 0. The van der Waals surface area contributed by atoms with Crippen molar-refractivity contribution >= 4 is 17.9 Å². The van der Waals surface area contributed by atoms with E-state index in [9.17, 15) is 9.59 Å². The molecule has 0 aliphatic carbocycles. The molecule has 1 atom stereocenters. The first-order valence-corrected chi connectivity index (χ1v) is 7.23. The summed E-state index contributed by atoms with van der Waals surface area (Å²) in [4.78, 5) is 25.3. The van der Waals surface area contributed by atoms with Gasteiger partial charge in [-0.15, -0.1) is 0 Å². The predicted molar refractivity (Wildman–Crippen MR) is 81.8 cm³/mol. The average molecular weight is 290 g/mol. The average Bonchev–Trinajstić information content (AvgIpc) is 2.46. The number of ether oxygens (including phenoxy) is 1. The number of carbonyl (C=O) groups is 2. The molecule has 0 spiro atoms. The van der Waals surface area contributed by atoms with Crippen molar-refractivity contribution in [2.75, 3.05) is 24.7 Å². The van der Waals surface area contributed by atoms with E-state index in [0.29, 0.717) is 25.3 Å². The van der Waals surface area contributed by atoms with Crippen LogP contribution in [0.15, 0.2) is 18.2 Å². The standard InChI is InChI=1S/C16H22N2O3/c1-11(2)17-16(20)15-10-21-7-6-18(15)14-5-4-13(9-19)12(3)8-14/h4-5,8-9,11,15H,6-7,10H2,1-3H3,(H,17,20). The molecule has 0 aromatic heterocycles. The second kappa shape index (κ2) is 6.72. The monoisotopic (exact) mass is 290 g/mol. The van der Waals surface area contributed by atoms with Crippen molar-refractivity contribution < 1.29 is 14.3 Å². The maximum Gasteiger partial charge on any atom is 0.245 e. The highest BCUT2D eigenvalue weighted by Gasteiger charge is 2.30. The van der Waals surface area contributed by atoms with Crippen LogP contribution in [-0.4, -0.2) is 44.0 Å². The second-order valence-corrected chi connectivity index (χ2v) is 5.61. The van der Waals surface area contributed by atoms with Crippen LogP contribution in [-0.2, 0) is 9.53 Å². The fourth-order valence-electron chi connectivity index (χ4n) is 2.48. The third-order valence-electron chi connectivity index (χ3n) is 3.57. The second-order valence-electron chi connectivity index (χ2n) is 5.61. The van der Waals surface area contributed by atoms with Gasteiger partial charge in [-0.3, -0.25) is 9.59 Å². The van der Waals surface area contributed by atoms with E-state index in [4.69, 9.17) is 4.74 Å². The van der Waals surface area contributed by atoms with E-state index < -0.39 is 0 Å². The number of amides is 1. The first-order valence-electron chi connectivity index (χ1n) is 7.23. The van der Waals surface area contributed by atoms with Crippen molar-refractivity contribution in [3.63, 3.8) is 0 Å². The van der Waals surface area contributed by atoms with Crippen LogP contribution in [0.1, 0.15) is 29.8 Å². The van der Waals surface area contributed by atoms with Crippen LogP contribution in [0, 0.1) is 6.92 Å². The lowest BCUT2D eigenvalue weighted by Crippen LogP contribution is -2.55. The number of nitrogens with zero attached hydrogens (tertiary/aromatic N) is 1. The highest BCUT2D eigenvalue weighted by atomic mass is 16.5. The van der Waals surface area contributed by atoms with Crippen molar-refractivity contribution in [1.82, 2.24) is 5.32 Å². The van der Waals surface area contributed by atoms with E-state index in [-0.39, 0.29) is 18.0 Å². The van der Waals surface area contributed by atoms with E-state index >= 15 is 0 Å². The predicted octanol–water partition coefficient (Wildman–Crippen LogP) is 1.54. The van der Waals surface area contributed by atoms with Gasteiger partial charge in [-0.05, 0) is 44.5 Å². The third-order valence-corrected chi connectivity index (χ3v) is 3.57. The van der Waals surface area contributed by atoms with Crippen molar-refractivity contribution in [3.8, 4) is 0 Å². The van der Waals surface area contributed by atoms with Gasteiger partial charge >= 0.3 is 0 Å². The number of hydrogen-bond donors (Lipinski definition) is 1. The lowest BCUT2D eigenvalue weighted by atomic mass is 10.1. The van der Waals surface area contributed by atoms with Gasteiger partial charge in [0.1, 0.15) is 12.3 Å². The molecule has 0 bridgehead atoms. The minimum Gasteiger partial charge on any atom is -0.377 e. The number of anilines is 1. The molecule has 0 radical (unpaired) electrons. The summed E-state index contributed by atoms with van der Waals surface area (Å²) in [5.74, 6) is -0.0261. The van der Waals surface area contributed by atoms with Gasteiger partial charge in [0, 0.05) is 23.8 Å². The summed E-state index contributed by atoms with van der Waals surface area (Å²) in [6.45, 7) is 7.42. The molecule has 0 saturated carbocycles. The number of morpholine rings is 1. The lowest BCUT2D eigenvalue weighted by Gasteiger charge is -2.37. The van der Waals surface area contributed by atoms with E-state index in [2.05, 4.69) is 5.32 Å². The number of benzene rings is 1. The Labute approximate surface area is 125 Å². The minimum absolute atomic E-state index is 0.0261. The Bertz CT molecular complexity index is 528. The normalized spacial score (nSPS) is 18.7. The number of rotatable bonds is 4. The van der Waals surface area contributed by atoms with Crippen LogP contribution < -0.4 is 10.2 Å². The molecule has 2 rings (SSSR count). The molecule has 21 heavy (non-hydrogen) atoms. The fourth-order valence-corrected chi connectivity index (χ4v) is 2.48. The molecule has 1 N–H and O–H groups in total. The molecule has 1 amide bonds. The van der Waals surface area contributed by atoms with Gasteiger partial charge in [-0.2, -0.15) is 0 Å². The fraction of sp³-hybridized carbons (Fsp3) is 0.500. The molecule has 1 aromatic carbocycles.